The number of benzene rings is 1. The molecule has 21 heavy (non-hydrogen) atoms. The Morgan fingerprint density at radius 3 is 2.05 bits per heavy atom. The monoisotopic (exact) mass is 300 g/mol. The summed E-state index contributed by atoms with van der Waals surface area (Å²) in [5.74, 6) is 0.351. The SMILES string of the molecule is CC(C)(N)CN1CCC(c2ccc(C(F)(F)F)cc2)CC1. The second-order valence-electron chi connectivity index (χ2n) is 6.66. The number of likely N-dealkylation sites (tertiary alicyclic amines) is 1. The van der Waals surface area contributed by atoms with Crippen LogP contribution in [-0.4, -0.2) is 30.1 Å². The number of halogens is 3. The van der Waals surface area contributed by atoms with Crippen LogP contribution in [0.1, 0.15) is 43.7 Å². The number of rotatable bonds is 3. The number of nitrogens with two attached hydrogens (primary N) is 1. The minimum atomic E-state index is -4.26. The molecule has 0 atom stereocenters. The summed E-state index contributed by atoms with van der Waals surface area (Å²) in [6.07, 6.45) is -2.31. The van der Waals surface area contributed by atoms with E-state index < -0.39 is 11.7 Å². The third-order valence-electron chi connectivity index (χ3n) is 3.93. The first-order valence-corrected chi connectivity index (χ1v) is 7.33. The van der Waals surface area contributed by atoms with E-state index in [9.17, 15) is 13.2 Å². The first-order valence-electron chi connectivity index (χ1n) is 7.33. The third kappa shape index (κ3) is 4.71. The van der Waals surface area contributed by atoms with Gasteiger partial charge in [-0.25, -0.2) is 0 Å². The number of alkyl halides is 3. The van der Waals surface area contributed by atoms with Crippen LogP contribution in [0.25, 0.3) is 0 Å². The minimum Gasteiger partial charge on any atom is -0.324 e. The van der Waals surface area contributed by atoms with E-state index in [0.717, 1.165) is 38.0 Å². The van der Waals surface area contributed by atoms with Crippen LogP contribution in [0, 0.1) is 0 Å². The van der Waals surface area contributed by atoms with Gasteiger partial charge in [0.2, 0.25) is 0 Å². The van der Waals surface area contributed by atoms with Crippen molar-refractivity contribution < 1.29 is 13.2 Å². The molecule has 1 aliphatic heterocycles. The van der Waals surface area contributed by atoms with E-state index in [1.54, 1.807) is 12.1 Å². The van der Waals surface area contributed by atoms with E-state index in [1.165, 1.54) is 12.1 Å². The maximum atomic E-state index is 12.6. The molecule has 5 heteroatoms. The summed E-state index contributed by atoms with van der Waals surface area (Å²) in [7, 11) is 0. The van der Waals surface area contributed by atoms with Crippen LogP contribution in [0.3, 0.4) is 0 Å². The number of hydrogen-bond acceptors (Lipinski definition) is 2. The first-order chi connectivity index (χ1) is 9.65. The molecule has 0 bridgehead atoms. The van der Waals surface area contributed by atoms with E-state index in [-0.39, 0.29) is 5.54 Å². The predicted octanol–water partition coefficient (Wildman–Crippen LogP) is 3.62. The smallest absolute Gasteiger partial charge is 0.324 e. The van der Waals surface area contributed by atoms with Crippen molar-refractivity contribution in [2.45, 2.75) is 44.3 Å². The zero-order valence-corrected chi connectivity index (χ0v) is 12.6. The normalized spacial score (nSPS) is 19.0. The van der Waals surface area contributed by atoms with Crippen molar-refractivity contribution in [1.82, 2.24) is 4.90 Å². The second kappa shape index (κ2) is 5.97. The van der Waals surface area contributed by atoms with Crippen molar-refractivity contribution in [3.63, 3.8) is 0 Å². The maximum absolute atomic E-state index is 12.6. The van der Waals surface area contributed by atoms with Gasteiger partial charge in [0.15, 0.2) is 0 Å². The summed E-state index contributed by atoms with van der Waals surface area (Å²) in [5, 5.41) is 0. The van der Waals surface area contributed by atoms with Gasteiger partial charge in [-0.05, 0) is 63.4 Å². The molecular weight excluding hydrogens is 277 g/mol. The Bertz CT molecular complexity index is 452. The van der Waals surface area contributed by atoms with Crippen molar-refractivity contribution in [2.75, 3.05) is 19.6 Å². The van der Waals surface area contributed by atoms with Gasteiger partial charge in [0.25, 0.3) is 0 Å². The van der Waals surface area contributed by atoms with Crippen molar-refractivity contribution in [3.05, 3.63) is 35.4 Å². The quantitative estimate of drug-likeness (QED) is 0.924. The molecule has 2 rings (SSSR count). The molecule has 0 amide bonds. The number of piperidine rings is 1. The molecular formula is C16H23F3N2. The van der Waals surface area contributed by atoms with Gasteiger partial charge in [0, 0.05) is 12.1 Å². The van der Waals surface area contributed by atoms with E-state index in [1.807, 2.05) is 13.8 Å². The van der Waals surface area contributed by atoms with Crippen LogP contribution in [0.4, 0.5) is 13.2 Å². The lowest BCUT2D eigenvalue weighted by Gasteiger charge is -2.36. The Morgan fingerprint density at radius 1 is 1.10 bits per heavy atom. The fourth-order valence-corrected chi connectivity index (χ4v) is 2.94. The summed E-state index contributed by atoms with van der Waals surface area (Å²) in [6, 6.07) is 5.61. The lowest BCUT2D eigenvalue weighted by atomic mass is 9.88. The molecule has 1 heterocycles. The van der Waals surface area contributed by atoms with Gasteiger partial charge in [0.1, 0.15) is 0 Å². The highest BCUT2D eigenvalue weighted by Crippen LogP contribution is 2.33. The van der Waals surface area contributed by atoms with Crippen LogP contribution in [0.5, 0.6) is 0 Å². The van der Waals surface area contributed by atoms with Gasteiger partial charge >= 0.3 is 6.18 Å². The molecule has 1 aromatic rings. The standard InChI is InChI=1S/C16H23F3N2/c1-15(2,20)11-21-9-7-13(8-10-21)12-3-5-14(6-4-12)16(17,18)19/h3-6,13H,7-11,20H2,1-2H3. The molecule has 1 aliphatic rings. The second-order valence-corrected chi connectivity index (χ2v) is 6.66. The fourth-order valence-electron chi connectivity index (χ4n) is 2.94. The maximum Gasteiger partial charge on any atom is 0.416 e. The molecule has 0 saturated carbocycles. The van der Waals surface area contributed by atoms with E-state index in [0.29, 0.717) is 5.92 Å². The average Bonchev–Trinajstić information content (AvgIpc) is 2.37. The molecule has 2 nitrogen and oxygen atoms in total. The molecule has 2 N–H and O–H groups in total. The fraction of sp³-hybridized carbons (Fsp3) is 0.625. The van der Waals surface area contributed by atoms with Gasteiger partial charge in [0.05, 0.1) is 5.56 Å². The Morgan fingerprint density at radius 2 is 1.62 bits per heavy atom. The van der Waals surface area contributed by atoms with Crippen molar-refractivity contribution >= 4 is 0 Å². The van der Waals surface area contributed by atoms with Gasteiger partial charge < -0.3 is 10.6 Å². The Balaban J connectivity index is 1.93. The zero-order chi connectivity index (χ0) is 15.7. The molecule has 0 spiro atoms. The molecule has 0 aromatic heterocycles. The van der Waals surface area contributed by atoms with E-state index >= 15 is 0 Å². The predicted molar refractivity (Wildman–Crippen MR) is 78.1 cm³/mol. The molecule has 0 radical (unpaired) electrons. The zero-order valence-electron chi connectivity index (χ0n) is 12.6. The van der Waals surface area contributed by atoms with Crippen molar-refractivity contribution in [1.29, 1.82) is 0 Å². The number of nitrogens with zero attached hydrogens (tertiary/aromatic N) is 1. The molecule has 1 fully saturated rings. The lowest BCUT2D eigenvalue weighted by molar-refractivity contribution is -0.137. The lowest BCUT2D eigenvalue weighted by Crippen LogP contribution is -2.47. The average molecular weight is 300 g/mol. The Hall–Kier alpha value is -1.07. The van der Waals surface area contributed by atoms with Crippen LogP contribution in [0.15, 0.2) is 24.3 Å². The molecule has 1 aromatic carbocycles. The summed E-state index contributed by atoms with van der Waals surface area (Å²) in [4.78, 5) is 2.33. The van der Waals surface area contributed by atoms with Crippen LogP contribution in [-0.2, 0) is 6.18 Å². The molecule has 0 unspecified atom stereocenters. The van der Waals surface area contributed by atoms with Crippen LogP contribution >= 0.6 is 0 Å². The molecule has 0 aliphatic carbocycles. The van der Waals surface area contributed by atoms with Crippen molar-refractivity contribution in [2.24, 2.45) is 5.73 Å². The Labute approximate surface area is 124 Å². The Kier molecular flexibility index (Phi) is 4.63. The summed E-state index contributed by atoms with van der Waals surface area (Å²) >= 11 is 0. The highest BCUT2D eigenvalue weighted by molar-refractivity contribution is 5.27. The van der Waals surface area contributed by atoms with Gasteiger partial charge in [-0.3, -0.25) is 0 Å². The summed E-state index contributed by atoms with van der Waals surface area (Å²) in [6.45, 7) is 6.77. The third-order valence-corrected chi connectivity index (χ3v) is 3.93. The van der Waals surface area contributed by atoms with E-state index in [4.69, 9.17) is 5.73 Å². The summed E-state index contributed by atoms with van der Waals surface area (Å²) < 4.78 is 37.7. The molecule has 1 saturated heterocycles. The van der Waals surface area contributed by atoms with Gasteiger partial charge in [-0.15, -0.1) is 0 Å². The van der Waals surface area contributed by atoms with Gasteiger partial charge in [-0.2, -0.15) is 13.2 Å². The first kappa shape index (κ1) is 16.3. The topological polar surface area (TPSA) is 29.3 Å². The van der Waals surface area contributed by atoms with Gasteiger partial charge in [-0.1, -0.05) is 12.1 Å². The van der Waals surface area contributed by atoms with Crippen molar-refractivity contribution in [3.8, 4) is 0 Å². The number of hydrogen-bond donors (Lipinski definition) is 1. The van der Waals surface area contributed by atoms with Crippen LogP contribution in [0.2, 0.25) is 0 Å². The highest BCUT2D eigenvalue weighted by Gasteiger charge is 2.30. The minimum absolute atomic E-state index is 0.207. The van der Waals surface area contributed by atoms with Crippen LogP contribution < -0.4 is 5.73 Å². The molecule has 118 valence electrons. The highest BCUT2D eigenvalue weighted by atomic mass is 19.4. The summed E-state index contributed by atoms with van der Waals surface area (Å²) in [5.41, 5.74) is 6.25. The largest absolute Gasteiger partial charge is 0.416 e. The van der Waals surface area contributed by atoms with E-state index in [2.05, 4.69) is 4.90 Å².